The highest BCUT2D eigenvalue weighted by Gasteiger charge is 2.05. The Morgan fingerprint density at radius 3 is 2.59 bits per heavy atom. The molecule has 0 saturated heterocycles. The van der Waals surface area contributed by atoms with Gasteiger partial charge in [0.2, 0.25) is 5.91 Å². The van der Waals surface area contributed by atoms with Crippen LogP contribution in [-0.2, 0) is 17.6 Å². The Morgan fingerprint density at radius 2 is 1.81 bits per heavy atom. The summed E-state index contributed by atoms with van der Waals surface area (Å²) < 4.78 is 1.84. The summed E-state index contributed by atoms with van der Waals surface area (Å²) in [7, 11) is 0. The van der Waals surface area contributed by atoms with E-state index < -0.39 is 0 Å². The highest BCUT2D eigenvalue weighted by atomic mass is 35.5. The van der Waals surface area contributed by atoms with Gasteiger partial charge in [-0.2, -0.15) is 5.10 Å². The molecule has 6 heteroatoms. The van der Waals surface area contributed by atoms with Crippen LogP contribution in [0, 0.1) is 0 Å². The first-order valence-corrected chi connectivity index (χ1v) is 9.67. The van der Waals surface area contributed by atoms with E-state index in [2.05, 4.69) is 10.4 Å². The van der Waals surface area contributed by atoms with Crippen molar-refractivity contribution in [1.82, 2.24) is 15.1 Å². The molecule has 0 saturated carbocycles. The van der Waals surface area contributed by atoms with Crippen molar-refractivity contribution in [3.05, 3.63) is 82.1 Å². The predicted octanol–water partition coefficient (Wildman–Crippen LogP) is 4.86. The third-order valence-electron chi connectivity index (χ3n) is 4.25. The number of halogens is 2. The average molecular weight is 402 g/mol. The molecule has 0 atom stereocenters. The Labute approximate surface area is 169 Å². The van der Waals surface area contributed by atoms with Gasteiger partial charge in [-0.25, -0.2) is 4.68 Å². The van der Waals surface area contributed by atoms with E-state index in [1.807, 2.05) is 59.5 Å². The van der Waals surface area contributed by atoms with Crippen molar-refractivity contribution in [3.63, 3.8) is 0 Å². The first-order chi connectivity index (χ1) is 13.1. The largest absolute Gasteiger partial charge is 0.356 e. The molecule has 3 aromatic rings. The molecule has 0 radical (unpaired) electrons. The van der Waals surface area contributed by atoms with Crippen LogP contribution in [0.15, 0.2) is 60.9 Å². The van der Waals surface area contributed by atoms with Gasteiger partial charge < -0.3 is 5.32 Å². The highest BCUT2D eigenvalue weighted by Crippen LogP contribution is 2.23. The quantitative estimate of drug-likeness (QED) is 0.585. The smallest absolute Gasteiger partial charge is 0.220 e. The molecule has 27 heavy (non-hydrogen) atoms. The van der Waals surface area contributed by atoms with Gasteiger partial charge in [-0.1, -0.05) is 47.5 Å². The zero-order chi connectivity index (χ0) is 19.1. The fraction of sp³-hybridized carbons (Fsp3) is 0.238. The van der Waals surface area contributed by atoms with Gasteiger partial charge in [-0.3, -0.25) is 4.79 Å². The van der Waals surface area contributed by atoms with Crippen molar-refractivity contribution in [3.8, 4) is 5.69 Å². The first-order valence-electron chi connectivity index (χ1n) is 8.91. The van der Waals surface area contributed by atoms with Gasteiger partial charge in [0.1, 0.15) is 0 Å². The van der Waals surface area contributed by atoms with E-state index in [-0.39, 0.29) is 5.91 Å². The SMILES string of the molecule is O=C(CCCc1ccc(Cl)c(Cl)c1)NCCc1cnn(-c2ccccc2)c1. The fourth-order valence-electron chi connectivity index (χ4n) is 2.79. The molecule has 1 heterocycles. The third-order valence-corrected chi connectivity index (χ3v) is 4.98. The van der Waals surface area contributed by atoms with Crippen molar-refractivity contribution in [2.75, 3.05) is 6.54 Å². The zero-order valence-corrected chi connectivity index (χ0v) is 16.4. The summed E-state index contributed by atoms with van der Waals surface area (Å²) in [5.41, 5.74) is 3.20. The van der Waals surface area contributed by atoms with Crippen LogP contribution in [-0.4, -0.2) is 22.2 Å². The lowest BCUT2D eigenvalue weighted by Gasteiger charge is -2.05. The highest BCUT2D eigenvalue weighted by molar-refractivity contribution is 6.42. The standard InChI is InChI=1S/C21H21Cl2N3O/c22-19-10-9-16(13-20(19)23)5-4-8-21(27)24-12-11-17-14-25-26(15-17)18-6-2-1-3-7-18/h1-3,6-7,9-10,13-15H,4-5,8,11-12H2,(H,24,27). The summed E-state index contributed by atoms with van der Waals surface area (Å²) in [4.78, 5) is 12.0. The van der Waals surface area contributed by atoms with E-state index in [0.29, 0.717) is 23.0 Å². The van der Waals surface area contributed by atoms with E-state index in [9.17, 15) is 4.79 Å². The number of carbonyl (C=O) groups excluding carboxylic acids is 1. The van der Waals surface area contributed by atoms with E-state index in [4.69, 9.17) is 23.2 Å². The number of amides is 1. The molecule has 1 amide bonds. The van der Waals surface area contributed by atoms with Gasteiger partial charge in [0, 0.05) is 19.2 Å². The number of aromatic nitrogens is 2. The van der Waals surface area contributed by atoms with Crippen LogP contribution in [0.3, 0.4) is 0 Å². The Morgan fingerprint density at radius 1 is 1.00 bits per heavy atom. The zero-order valence-electron chi connectivity index (χ0n) is 14.9. The van der Waals surface area contributed by atoms with Crippen LogP contribution in [0.4, 0.5) is 0 Å². The summed E-state index contributed by atoms with van der Waals surface area (Å²) >= 11 is 11.9. The van der Waals surface area contributed by atoms with Gasteiger partial charge in [-0.05, 0) is 54.7 Å². The Balaban J connectivity index is 1.37. The topological polar surface area (TPSA) is 46.9 Å². The maximum atomic E-state index is 12.0. The number of carbonyl (C=O) groups is 1. The molecule has 0 aliphatic heterocycles. The van der Waals surface area contributed by atoms with E-state index >= 15 is 0 Å². The second-order valence-electron chi connectivity index (χ2n) is 6.33. The molecule has 1 N–H and O–H groups in total. The second kappa shape index (κ2) is 9.58. The van der Waals surface area contributed by atoms with Crippen molar-refractivity contribution in [2.24, 2.45) is 0 Å². The van der Waals surface area contributed by atoms with Crippen molar-refractivity contribution < 1.29 is 4.79 Å². The maximum Gasteiger partial charge on any atom is 0.220 e. The fourth-order valence-corrected chi connectivity index (χ4v) is 3.11. The van der Waals surface area contributed by atoms with Crippen LogP contribution >= 0.6 is 23.2 Å². The van der Waals surface area contributed by atoms with E-state index in [1.165, 1.54) is 0 Å². The number of nitrogens with zero attached hydrogens (tertiary/aromatic N) is 2. The number of aryl methyl sites for hydroxylation is 1. The van der Waals surface area contributed by atoms with Crippen LogP contribution in [0.5, 0.6) is 0 Å². The number of benzene rings is 2. The normalized spacial score (nSPS) is 10.7. The lowest BCUT2D eigenvalue weighted by molar-refractivity contribution is -0.121. The van der Waals surface area contributed by atoms with Gasteiger partial charge in [0.25, 0.3) is 0 Å². The summed E-state index contributed by atoms with van der Waals surface area (Å²) in [5, 5.41) is 8.43. The van der Waals surface area contributed by atoms with Gasteiger partial charge in [0.05, 0.1) is 21.9 Å². The Kier molecular flexibility index (Phi) is 6.91. The lowest BCUT2D eigenvalue weighted by Crippen LogP contribution is -2.25. The molecule has 0 bridgehead atoms. The lowest BCUT2D eigenvalue weighted by atomic mass is 10.1. The minimum absolute atomic E-state index is 0.0607. The third kappa shape index (κ3) is 5.84. The first kappa shape index (κ1) is 19.5. The summed E-state index contributed by atoms with van der Waals surface area (Å²) in [6.07, 6.45) is 6.65. The van der Waals surface area contributed by atoms with E-state index in [1.54, 1.807) is 6.07 Å². The molecule has 0 fully saturated rings. The number of hydrogen-bond acceptors (Lipinski definition) is 2. The van der Waals surface area contributed by atoms with Gasteiger partial charge in [-0.15, -0.1) is 0 Å². The molecule has 3 rings (SSSR count). The minimum Gasteiger partial charge on any atom is -0.356 e. The average Bonchev–Trinajstić information content (AvgIpc) is 3.14. The molecular weight excluding hydrogens is 381 g/mol. The molecular formula is C21H21Cl2N3O. The van der Waals surface area contributed by atoms with Crippen LogP contribution in [0.25, 0.3) is 5.69 Å². The van der Waals surface area contributed by atoms with Crippen molar-refractivity contribution in [1.29, 1.82) is 0 Å². The summed E-state index contributed by atoms with van der Waals surface area (Å²) in [5.74, 6) is 0.0607. The van der Waals surface area contributed by atoms with E-state index in [0.717, 1.165) is 36.1 Å². The van der Waals surface area contributed by atoms with Gasteiger partial charge >= 0.3 is 0 Å². The van der Waals surface area contributed by atoms with Crippen molar-refractivity contribution >= 4 is 29.1 Å². The molecule has 1 aromatic heterocycles. The number of hydrogen-bond donors (Lipinski definition) is 1. The molecule has 0 unspecified atom stereocenters. The van der Waals surface area contributed by atoms with Crippen molar-refractivity contribution in [2.45, 2.75) is 25.7 Å². The number of para-hydroxylation sites is 1. The Bertz CT molecular complexity index is 893. The second-order valence-corrected chi connectivity index (χ2v) is 7.15. The van der Waals surface area contributed by atoms with Gasteiger partial charge in [0.15, 0.2) is 0 Å². The molecule has 2 aromatic carbocycles. The summed E-state index contributed by atoms with van der Waals surface area (Å²) in [6, 6.07) is 15.5. The van der Waals surface area contributed by atoms with Crippen LogP contribution in [0.2, 0.25) is 10.0 Å². The van der Waals surface area contributed by atoms with Crippen LogP contribution in [0.1, 0.15) is 24.0 Å². The minimum atomic E-state index is 0.0607. The number of rotatable bonds is 8. The van der Waals surface area contributed by atoms with Crippen LogP contribution < -0.4 is 5.32 Å². The maximum absolute atomic E-state index is 12.0. The molecule has 0 aliphatic rings. The monoisotopic (exact) mass is 401 g/mol. The summed E-state index contributed by atoms with van der Waals surface area (Å²) in [6.45, 7) is 0.603. The molecule has 140 valence electrons. The molecule has 4 nitrogen and oxygen atoms in total. The molecule has 0 aliphatic carbocycles. The number of nitrogens with one attached hydrogen (secondary N) is 1. The Hall–Kier alpha value is -2.30. The molecule has 0 spiro atoms. The predicted molar refractivity (Wildman–Crippen MR) is 110 cm³/mol.